The molecule has 0 radical (unpaired) electrons. The fraction of sp³-hybridized carbons (Fsp3) is 0.294. The second-order valence-electron chi connectivity index (χ2n) is 5.33. The number of carbonyl (C=O) groups excluding carboxylic acids is 1. The Morgan fingerprint density at radius 3 is 2.38 bits per heavy atom. The number of amides is 1. The predicted molar refractivity (Wildman–Crippen MR) is 85.9 cm³/mol. The summed E-state index contributed by atoms with van der Waals surface area (Å²) in [7, 11) is 0. The number of nitrogens with one attached hydrogen (secondary N) is 2. The summed E-state index contributed by atoms with van der Waals surface area (Å²) in [6.45, 7) is 2.90. The average molecular weight is 337 g/mol. The van der Waals surface area contributed by atoms with E-state index < -0.39 is 11.7 Å². The highest BCUT2D eigenvalue weighted by Gasteiger charge is 2.30. The Morgan fingerprint density at radius 2 is 1.79 bits per heavy atom. The van der Waals surface area contributed by atoms with Gasteiger partial charge in [0.1, 0.15) is 5.82 Å². The van der Waals surface area contributed by atoms with Gasteiger partial charge < -0.3 is 10.6 Å². The smallest absolute Gasteiger partial charge is 0.370 e. The molecule has 0 saturated heterocycles. The van der Waals surface area contributed by atoms with E-state index in [0.717, 1.165) is 17.8 Å². The molecule has 1 amide bonds. The lowest BCUT2D eigenvalue weighted by Gasteiger charge is -2.09. The van der Waals surface area contributed by atoms with Gasteiger partial charge in [0, 0.05) is 24.8 Å². The van der Waals surface area contributed by atoms with E-state index in [0.29, 0.717) is 30.9 Å². The number of pyridine rings is 1. The number of benzene rings is 1. The van der Waals surface area contributed by atoms with Crippen LogP contribution >= 0.6 is 0 Å². The number of aromatic nitrogens is 1. The molecule has 7 heteroatoms. The number of aryl methyl sites for hydroxylation is 1. The van der Waals surface area contributed by atoms with Crippen molar-refractivity contribution < 1.29 is 18.0 Å². The zero-order valence-electron chi connectivity index (χ0n) is 13.2. The summed E-state index contributed by atoms with van der Waals surface area (Å²) in [5, 5.41) is 5.70. The maximum atomic E-state index is 12.4. The second kappa shape index (κ2) is 7.81. The van der Waals surface area contributed by atoms with Crippen molar-refractivity contribution >= 4 is 11.7 Å². The first-order valence-electron chi connectivity index (χ1n) is 7.48. The Labute approximate surface area is 138 Å². The Hall–Kier alpha value is -2.57. The van der Waals surface area contributed by atoms with Crippen LogP contribution in [0.2, 0.25) is 0 Å². The number of alkyl halides is 3. The Balaban J connectivity index is 1.69. The summed E-state index contributed by atoms with van der Waals surface area (Å²) >= 11 is 0. The lowest BCUT2D eigenvalue weighted by molar-refractivity contribution is -0.137. The van der Waals surface area contributed by atoms with Gasteiger partial charge in [0.05, 0.1) is 5.56 Å². The summed E-state index contributed by atoms with van der Waals surface area (Å²) in [4.78, 5) is 15.6. The number of nitrogens with zero attached hydrogens (tertiary/aromatic N) is 1. The van der Waals surface area contributed by atoms with Crippen LogP contribution in [-0.2, 0) is 6.18 Å². The van der Waals surface area contributed by atoms with Crippen molar-refractivity contribution in [1.82, 2.24) is 10.3 Å². The van der Waals surface area contributed by atoms with Gasteiger partial charge >= 0.3 is 6.18 Å². The van der Waals surface area contributed by atoms with Crippen molar-refractivity contribution in [2.45, 2.75) is 19.5 Å². The van der Waals surface area contributed by atoms with Gasteiger partial charge in [-0.1, -0.05) is 17.7 Å². The van der Waals surface area contributed by atoms with E-state index in [1.165, 1.54) is 6.07 Å². The molecule has 128 valence electrons. The molecule has 0 saturated carbocycles. The molecule has 24 heavy (non-hydrogen) atoms. The van der Waals surface area contributed by atoms with Crippen LogP contribution in [0, 0.1) is 6.92 Å². The zero-order valence-corrected chi connectivity index (χ0v) is 13.2. The van der Waals surface area contributed by atoms with Crippen LogP contribution in [0.25, 0.3) is 0 Å². The highest BCUT2D eigenvalue weighted by atomic mass is 19.4. The molecular formula is C17H18F3N3O. The van der Waals surface area contributed by atoms with Crippen LogP contribution in [0.1, 0.15) is 27.9 Å². The third kappa shape index (κ3) is 5.26. The highest BCUT2D eigenvalue weighted by Crippen LogP contribution is 2.28. The molecule has 1 aromatic heterocycles. The molecule has 1 aromatic carbocycles. The largest absolute Gasteiger partial charge is 0.417 e. The average Bonchev–Trinajstić information content (AvgIpc) is 2.54. The number of carbonyl (C=O) groups is 1. The minimum absolute atomic E-state index is 0.150. The molecule has 1 heterocycles. The maximum absolute atomic E-state index is 12.4. The highest BCUT2D eigenvalue weighted by molar-refractivity contribution is 5.94. The van der Waals surface area contributed by atoms with E-state index in [4.69, 9.17) is 0 Å². The van der Waals surface area contributed by atoms with Crippen LogP contribution in [0.4, 0.5) is 19.0 Å². The van der Waals surface area contributed by atoms with E-state index in [1.807, 2.05) is 19.1 Å². The lowest BCUT2D eigenvalue weighted by atomic mass is 10.1. The summed E-state index contributed by atoms with van der Waals surface area (Å²) in [5.74, 6) is 0.218. The fourth-order valence-corrected chi connectivity index (χ4v) is 1.98. The maximum Gasteiger partial charge on any atom is 0.417 e. The van der Waals surface area contributed by atoms with Gasteiger partial charge in [-0.05, 0) is 37.6 Å². The van der Waals surface area contributed by atoms with Gasteiger partial charge in [0.15, 0.2) is 0 Å². The molecule has 2 rings (SSSR count). The first-order chi connectivity index (χ1) is 11.4. The summed E-state index contributed by atoms with van der Waals surface area (Å²) in [5.41, 5.74) is 0.899. The molecule has 0 atom stereocenters. The van der Waals surface area contributed by atoms with Gasteiger partial charge in [0.25, 0.3) is 5.91 Å². The van der Waals surface area contributed by atoms with Crippen molar-refractivity contribution in [3.05, 3.63) is 59.3 Å². The number of hydrogen-bond acceptors (Lipinski definition) is 3. The van der Waals surface area contributed by atoms with Crippen molar-refractivity contribution in [3.8, 4) is 0 Å². The van der Waals surface area contributed by atoms with Gasteiger partial charge in [-0.25, -0.2) is 4.98 Å². The summed E-state index contributed by atoms with van der Waals surface area (Å²) in [6.07, 6.45) is -2.96. The third-order valence-corrected chi connectivity index (χ3v) is 3.35. The molecule has 4 nitrogen and oxygen atoms in total. The molecule has 0 aliphatic heterocycles. The second-order valence-corrected chi connectivity index (χ2v) is 5.33. The van der Waals surface area contributed by atoms with Crippen molar-refractivity contribution in [2.75, 3.05) is 18.4 Å². The molecule has 0 spiro atoms. The van der Waals surface area contributed by atoms with Gasteiger partial charge in [-0.2, -0.15) is 13.2 Å². The van der Waals surface area contributed by atoms with Gasteiger partial charge in [-0.3, -0.25) is 4.79 Å². The quantitative estimate of drug-likeness (QED) is 0.791. The van der Waals surface area contributed by atoms with Crippen LogP contribution < -0.4 is 10.6 Å². The Morgan fingerprint density at radius 1 is 1.08 bits per heavy atom. The van der Waals surface area contributed by atoms with Crippen LogP contribution in [-0.4, -0.2) is 24.0 Å². The normalized spacial score (nSPS) is 11.2. The van der Waals surface area contributed by atoms with Crippen molar-refractivity contribution in [2.24, 2.45) is 0 Å². The van der Waals surface area contributed by atoms with Crippen molar-refractivity contribution in [3.63, 3.8) is 0 Å². The summed E-state index contributed by atoms with van der Waals surface area (Å²) in [6, 6.07) is 9.52. The minimum atomic E-state index is -4.38. The first kappa shape index (κ1) is 17.8. The van der Waals surface area contributed by atoms with Gasteiger partial charge in [0.2, 0.25) is 0 Å². The number of rotatable bonds is 6. The number of halogens is 3. The number of hydrogen-bond donors (Lipinski definition) is 2. The molecule has 0 unspecified atom stereocenters. The minimum Gasteiger partial charge on any atom is -0.370 e. The predicted octanol–water partition coefficient (Wildman–Crippen LogP) is 3.64. The van der Waals surface area contributed by atoms with Crippen LogP contribution in [0.15, 0.2) is 42.6 Å². The van der Waals surface area contributed by atoms with Gasteiger partial charge in [-0.15, -0.1) is 0 Å². The lowest BCUT2D eigenvalue weighted by Crippen LogP contribution is -2.25. The molecule has 0 aliphatic carbocycles. The van der Waals surface area contributed by atoms with E-state index in [2.05, 4.69) is 15.6 Å². The molecule has 0 bridgehead atoms. The SMILES string of the molecule is Cc1ccc(C(=O)NCCCNc2ccc(C(F)(F)F)cn2)cc1. The number of anilines is 1. The van der Waals surface area contributed by atoms with E-state index in [1.54, 1.807) is 12.1 Å². The zero-order chi connectivity index (χ0) is 17.6. The first-order valence-corrected chi connectivity index (χ1v) is 7.48. The fourth-order valence-electron chi connectivity index (χ4n) is 1.98. The molecule has 2 N–H and O–H groups in total. The Bertz CT molecular complexity index is 667. The molecule has 2 aromatic rings. The van der Waals surface area contributed by atoms with E-state index >= 15 is 0 Å². The van der Waals surface area contributed by atoms with E-state index in [-0.39, 0.29) is 5.91 Å². The van der Waals surface area contributed by atoms with Crippen LogP contribution in [0.5, 0.6) is 0 Å². The third-order valence-electron chi connectivity index (χ3n) is 3.35. The molecule has 0 fully saturated rings. The van der Waals surface area contributed by atoms with Crippen molar-refractivity contribution in [1.29, 1.82) is 0 Å². The monoisotopic (exact) mass is 337 g/mol. The van der Waals surface area contributed by atoms with Crippen LogP contribution in [0.3, 0.4) is 0 Å². The molecule has 0 aliphatic rings. The Kier molecular flexibility index (Phi) is 5.78. The summed E-state index contributed by atoms with van der Waals surface area (Å²) < 4.78 is 37.2. The molecular weight excluding hydrogens is 319 g/mol. The topological polar surface area (TPSA) is 54.0 Å². The van der Waals surface area contributed by atoms with E-state index in [9.17, 15) is 18.0 Å². The standard InChI is InChI=1S/C17H18F3N3O/c1-12-3-5-13(6-4-12)16(24)22-10-2-9-21-15-8-7-14(11-23-15)17(18,19)20/h3-8,11H,2,9-10H2,1H3,(H,21,23)(H,22,24).